The van der Waals surface area contributed by atoms with Crippen LogP contribution in [0.4, 0.5) is 14.0 Å². The Hall–Kier alpha value is -1.59. The zero-order valence-electron chi connectivity index (χ0n) is 12.8. The van der Waals surface area contributed by atoms with Gasteiger partial charge in [0.15, 0.2) is 4.90 Å². The summed E-state index contributed by atoms with van der Waals surface area (Å²) in [6.07, 6.45) is 0. The van der Waals surface area contributed by atoms with Gasteiger partial charge in [-0.3, -0.25) is 10.1 Å². The summed E-state index contributed by atoms with van der Waals surface area (Å²) in [5, 5.41) is 10.8. The topological polar surface area (TPSA) is 95.7 Å². The second kappa shape index (κ2) is 5.21. The molecule has 0 unspecified atom stereocenters. The van der Waals surface area contributed by atoms with Crippen molar-refractivity contribution in [2.45, 2.75) is 43.8 Å². The highest BCUT2D eigenvalue weighted by molar-refractivity contribution is 7.86. The normalized spacial score (nSPS) is 19.8. The van der Waals surface area contributed by atoms with Crippen molar-refractivity contribution in [2.75, 3.05) is 0 Å². The largest absolute Gasteiger partial charge is 0.497 e. The molecule has 0 aromatic heterocycles. The van der Waals surface area contributed by atoms with Gasteiger partial charge in [0.05, 0.1) is 22.2 Å². The smallest absolute Gasteiger partial charge is 0.399 e. The molecule has 126 valence electrons. The Balaban J connectivity index is 2.60. The number of nitrogens with zero attached hydrogens (tertiary/aromatic N) is 1. The van der Waals surface area contributed by atoms with Gasteiger partial charge in [0, 0.05) is 5.46 Å². The molecule has 2 rings (SSSR count). The first kappa shape index (κ1) is 17.8. The molecule has 0 atom stereocenters. The third kappa shape index (κ3) is 3.08. The van der Waals surface area contributed by atoms with Crippen LogP contribution in [0, 0.1) is 15.9 Å². The average molecular weight is 349 g/mol. The fourth-order valence-corrected chi connectivity index (χ4v) is 2.70. The maximum Gasteiger partial charge on any atom is 0.497 e. The first-order valence-electron chi connectivity index (χ1n) is 6.54. The first-order valence-corrected chi connectivity index (χ1v) is 7.93. The van der Waals surface area contributed by atoms with Gasteiger partial charge >= 0.3 is 17.3 Å². The molecule has 1 aromatic carbocycles. The maximum absolute atomic E-state index is 14.2. The van der Waals surface area contributed by atoms with Crippen LogP contribution in [0.2, 0.25) is 0 Å². The van der Waals surface area contributed by atoms with Crippen LogP contribution >= 0.6 is 0 Å². The van der Waals surface area contributed by atoms with Crippen molar-refractivity contribution in [1.82, 2.24) is 0 Å². The van der Waals surface area contributed by atoms with Gasteiger partial charge in [-0.15, -0.1) is 3.89 Å². The van der Waals surface area contributed by atoms with E-state index >= 15 is 0 Å². The van der Waals surface area contributed by atoms with E-state index in [2.05, 4.69) is 0 Å². The first-order chi connectivity index (χ1) is 10.3. The summed E-state index contributed by atoms with van der Waals surface area (Å²) in [5.74, 6) is -1.12. The number of hydrogen-bond acceptors (Lipinski definition) is 6. The molecule has 0 N–H and O–H groups in total. The summed E-state index contributed by atoms with van der Waals surface area (Å²) in [4.78, 5) is 8.39. The predicted molar refractivity (Wildman–Crippen MR) is 77.1 cm³/mol. The van der Waals surface area contributed by atoms with E-state index in [1.807, 2.05) is 0 Å². The van der Waals surface area contributed by atoms with Crippen molar-refractivity contribution in [3.63, 3.8) is 0 Å². The van der Waals surface area contributed by atoms with E-state index in [0.717, 1.165) is 0 Å². The van der Waals surface area contributed by atoms with Crippen molar-refractivity contribution in [2.24, 2.45) is 0 Å². The van der Waals surface area contributed by atoms with Gasteiger partial charge in [-0.05, 0) is 33.8 Å². The standard InChI is InChI=1S/C12H14BF2NO6S/c1-11(2)12(3,4)22-13(21-11)7-5-10(23(15,19)20)9(16(17)18)6-8(7)14/h5-6H,1-4H3. The lowest BCUT2D eigenvalue weighted by Gasteiger charge is -2.32. The molecule has 1 aromatic rings. The van der Waals surface area contributed by atoms with Gasteiger partial charge in [0.2, 0.25) is 0 Å². The van der Waals surface area contributed by atoms with E-state index in [1.165, 1.54) is 0 Å². The minimum absolute atomic E-state index is 0.340. The van der Waals surface area contributed by atoms with Gasteiger partial charge in [0.1, 0.15) is 5.82 Å². The molecule has 7 nitrogen and oxygen atoms in total. The second-order valence-electron chi connectivity index (χ2n) is 6.12. The van der Waals surface area contributed by atoms with Gasteiger partial charge in [-0.25, -0.2) is 4.39 Å². The Morgan fingerprint density at radius 1 is 1.17 bits per heavy atom. The molecule has 0 aliphatic carbocycles. The number of hydrogen-bond donors (Lipinski definition) is 0. The molecular formula is C12H14BF2NO6S. The molecule has 0 amide bonds. The monoisotopic (exact) mass is 349 g/mol. The van der Waals surface area contributed by atoms with E-state index in [4.69, 9.17) is 9.31 Å². The number of benzene rings is 1. The molecule has 1 heterocycles. The Bertz CT molecular complexity index is 764. The Morgan fingerprint density at radius 3 is 2.04 bits per heavy atom. The number of nitro groups is 1. The van der Waals surface area contributed by atoms with E-state index in [0.29, 0.717) is 12.1 Å². The minimum Gasteiger partial charge on any atom is -0.399 e. The van der Waals surface area contributed by atoms with E-state index in [1.54, 1.807) is 27.7 Å². The summed E-state index contributed by atoms with van der Waals surface area (Å²) >= 11 is 0. The van der Waals surface area contributed by atoms with Crippen LogP contribution in [0.5, 0.6) is 0 Å². The van der Waals surface area contributed by atoms with E-state index in [9.17, 15) is 26.8 Å². The molecule has 1 saturated heterocycles. The van der Waals surface area contributed by atoms with Crippen molar-refractivity contribution in [3.05, 3.63) is 28.1 Å². The molecule has 1 aliphatic rings. The van der Waals surface area contributed by atoms with Crippen LogP contribution in [-0.4, -0.2) is 31.7 Å². The molecular weight excluding hydrogens is 335 g/mol. The Labute approximate surface area is 132 Å². The van der Waals surface area contributed by atoms with Gasteiger partial charge in [0.25, 0.3) is 5.69 Å². The SMILES string of the molecule is CC1(C)OB(c2cc(S(=O)(=O)F)c([N+](=O)[O-])cc2F)OC1(C)C. The van der Waals surface area contributed by atoms with Crippen LogP contribution in [0.15, 0.2) is 17.0 Å². The zero-order valence-corrected chi connectivity index (χ0v) is 13.6. The molecule has 0 bridgehead atoms. The van der Waals surface area contributed by atoms with Crippen molar-refractivity contribution in [1.29, 1.82) is 0 Å². The third-order valence-electron chi connectivity index (χ3n) is 4.04. The van der Waals surface area contributed by atoms with Crippen LogP contribution in [-0.2, 0) is 19.5 Å². The summed E-state index contributed by atoms with van der Waals surface area (Å²) in [5.41, 5.74) is -3.31. The average Bonchev–Trinajstić information content (AvgIpc) is 2.56. The highest BCUT2D eigenvalue weighted by Gasteiger charge is 2.53. The molecule has 11 heteroatoms. The van der Waals surface area contributed by atoms with Crippen molar-refractivity contribution < 1.29 is 30.9 Å². The Kier molecular flexibility index (Phi) is 4.03. The third-order valence-corrected chi connectivity index (χ3v) is 4.90. The maximum atomic E-state index is 14.2. The van der Waals surface area contributed by atoms with Gasteiger partial charge in [-0.1, -0.05) is 0 Å². The lowest BCUT2D eigenvalue weighted by Crippen LogP contribution is -2.41. The number of halogens is 2. The summed E-state index contributed by atoms with van der Waals surface area (Å²) in [7, 11) is -6.74. The van der Waals surface area contributed by atoms with Crippen LogP contribution in [0.3, 0.4) is 0 Å². The van der Waals surface area contributed by atoms with Crippen LogP contribution in [0.25, 0.3) is 0 Å². The zero-order chi connectivity index (χ0) is 17.8. The number of rotatable bonds is 3. The quantitative estimate of drug-likeness (QED) is 0.357. The van der Waals surface area contributed by atoms with Crippen LogP contribution in [0.1, 0.15) is 27.7 Å². The van der Waals surface area contributed by atoms with Gasteiger partial charge < -0.3 is 9.31 Å². The highest BCUT2D eigenvalue weighted by Crippen LogP contribution is 2.37. The molecule has 1 aliphatic heterocycles. The Morgan fingerprint density at radius 2 is 1.65 bits per heavy atom. The fourth-order valence-electron chi connectivity index (χ4n) is 2.05. The summed E-state index contributed by atoms with van der Waals surface area (Å²) in [6, 6.07) is 0.873. The molecule has 0 saturated carbocycles. The second-order valence-corrected chi connectivity index (χ2v) is 7.44. The minimum atomic E-state index is -5.42. The predicted octanol–water partition coefficient (Wildman–Crippen LogP) is 1.69. The van der Waals surface area contributed by atoms with Crippen molar-refractivity contribution in [3.8, 4) is 0 Å². The lowest BCUT2D eigenvalue weighted by atomic mass is 9.78. The van der Waals surface area contributed by atoms with E-state index in [-0.39, 0.29) is 0 Å². The summed E-state index contributed by atoms with van der Waals surface area (Å²) in [6.45, 7) is 6.73. The fraction of sp³-hybridized carbons (Fsp3) is 0.500. The van der Waals surface area contributed by atoms with Crippen molar-refractivity contribution >= 4 is 28.5 Å². The molecule has 23 heavy (non-hydrogen) atoms. The van der Waals surface area contributed by atoms with Crippen LogP contribution < -0.4 is 5.46 Å². The molecule has 0 radical (unpaired) electrons. The molecule has 0 spiro atoms. The highest BCUT2D eigenvalue weighted by atomic mass is 32.3. The number of nitro benzene ring substituents is 1. The summed E-state index contributed by atoms with van der Waals surface area (Å²) < 4.78 is 60.8. The van der Waals surface area contributed by atoms with Gasteiger partial charge in [-0.2, -0.15) is 8.42 Å². The van der Waals surface area contributed by atoms with E-state index < -0.39 is 55.3 Å². The lowest BCUT2D eigenvalue weighted by molar-refractivity contribution is -0.388. The molecule has 1 fully saturated rings.